The summed E-state index contributed by atoms with van der Waals surface area (Å²) in [6.07, 6.45) is 3.34. The molecule has 0 saturated carbocycles. The van der Waals surface area contributed by atoms with E-state index < -0.39 is 5.82 Å². The van der Waals surface area contributed by atoms with Gasteiger partial charge in [0, 0.05) is 16.7 Å². The first-order valence-electron chi connectivity index (χ1n) is 6.35. The molecule has 5 heteroatoms. The van der Waals surface area contributed by atoms with Crippen molar-refractivity contribution in [3.63, 3.8) is 0 Å². The van der Waals surface area contributed by atoms with Crippen LogP contribution in [0.2, 0.25) is 5.02 Å². The smallest absolute Gasteiger partial charge is 0.259 e. The molecule has 1 aliphatic rings. The van der Waals surface area contributed by atoms with Crippen LogP contribution in [-0.4, -0.2) is 10.9 Å². The van der Waals surface area contributed by atoms with Gasteiger partial charge in [0.1, 0.15) is 5.82 Å². The number of fused-ring (bicyclic) bond motifs is 1. The zero-order chi connectivity index (χ0) is 14.3. The maximum absolute atomic E-state index is 13.4. The molecule has 0 spiro atoms. The number of carbonyl (C=O) groups is 1. The highest BCUT2D eigenvalue weighted by Gasteiger charge is 2.36. The van der Waals surface area contributed by atoms with Crippen molar-refractivity contribution in [2.24, 2.45) is 0 Å². The number of halogens is 2. The molecule has 0 aliphatic carbocycles. The summed E-state index contributed by atoms with van der Waals surface area (Å²) in [6, 6.07) is 6.39. The summed E-state index contributed by atoms with van der Waals surface area (Å²) in [4.78, 5) is 17.9. The minimum Gasteiger partial charge on any atom is -0.299 e. The SMILES string of the molecule is CC[C@@H]1c2cc(Cl)ccc2C(=O)N1c1cncc(F)c1. The number of anilines is 1. The van der Waals surface area contributed by atoms with Crippen molar-refractivity contribution < 1.29 is 9.18 Å². The number of benzene rings is 1. The molecule has 1 aromatic heterocycles. The van der Waals surface area contributed by atoms with Crippen LogP contribution in [-0.2, 0) is 0 Å². The third kappa shape index (κ3) is 1.96. The lowest BCUT2D eigenvalue weighted by Crippen LogP contribution is -2.27. The first kappa shape index (κ1) is 13.1. The van der Waals surface area contributed by atoms with Gasteiger partial charge in [-0.25, -0.2) is 4.39 Å². The van der Waals surface area contributed by atoms with Crippen LogP contribution in [0.15, 0.2) is 36.7 Å². The van der Waals surface area contributed by atoms with Crippen LogP contribution in [0.3, 0.4) is 0 Å². The van der Waals surface area contributed by atoms with Crippen LogP contribution in [0.25, 0.3) is 0 Å². The summed E-state index contributed by atoms with van der Waals surface area (Å²) in [7, 11) is 0. The Bertz CT molecular complexity index is 689. The van der Waals surface area contributed by atoms with E-state index in [1.54, 1.807) is 23.1 Å². The number of pyridine rings is 1. The molecule has 2 heterocycles. The lowest BCUT2D eigenvalue weighted by molar-refractivity contribution is 0.0990. The fourth-order valence-corrected chi connectivity index (χ4v) is 2.83. The molecule has 3 nitrogen and oxygen atoms in total. The highest BCUT2D eigenvalue weighted by atomic mass is 35.5. The maximum Gasteiger partial charge on any atom is 0.259 e. The van der Waals surface area contributed by atoms with E-state index in [9.17, 15) is 9.18 Å². The number of amides is 1. The molecule has 0 radical (unpaired) electrons. The number of hydrogen-bond donors (Lipinski definition) is 0. The predicted molar refractivity (Wildman–Crippen MR) is 75.5 cm³/mol. The Balaban J connectivity index is 2.12. The molecule has 3 rings (SSSR count). The van der Waals surface area contributed by atoms with E-state index >= 15 is 0 Å². The van der Waals surface area contributed by atoms with Gasteiger partial charge in [-0.05, 0) is 30.2 Å². The topological polar surface area (TPSA) is 33.2 Å². The van der Waals surface area contributed by atoms with Crippen LogP contribution < -0.4 is 4.90 Å². The quantitative estimate of drug-likeness (QED) is 0.838. The lowest BCUT2D eigenvalue weighted by Gasteiger charge is -2.24. The normalized spacial score (nSPS) is 17.4. The third-order valence-electron chi connectivity index (χ3n) is 3.49. The molecule has 102 valence electrons. The van der Waals surface area contributed by atoms with Gasteiger partial charge >= 0.3 is 0 Å². The van der Waals surface area contributed by atoms with E-state index in [1.165, 1.54) is 12.3 Å². The Morgan fingerprint density at radius 2 is 2.15 bits per heavy atom. The number of nitrogens with zero attached hydrogens (tertiary/aromatic N) is 2. The van der Waals surface area contributed by atoms with Crippen molar-refractivity contribution in [1.82, 2.24) is 4.98 Å². The van der Waals surface area contributed by atoms with Gasteiger partial charge in [0.25, 0.3) is 5.91 Å². The monoisotopic (exact) mass is 290 g/mol. The molecule has 0 bridgehead atoms. The van der Waals surface area contributed by atoms with Crippen LogP contribution in [0.1, 0.15) is 35.3 Å². The average Bonchev–Trinajstić information content (AvgIpc) is 2.70. The molecule has 0 N–H and O–H groups in total. The molecular formula is C15H12ClFN2O. The fourth-order valence-electron chi connectivity index (χ4n) is 2.65. The predicted octanol–water partition coefficient (Wildman–Crippen LogP) is 3.99. The highest BCUT2D eigenvalue weighted by Crippen LogP contribution is 2.40. The Morgan fingerprint density at radius 1 is 1.35 bits per heavy atom. The first-order valence-corrected chi connectivity index (χ1v) is 6.73. The molecule has 20 heavy (non-hydrogen) atoms. The standard InChI is InChI=1S/C15H12ClFN2O/c1-2-14-13-5-9(16)3-4-12(13)15(20)19(14)11-6-10(17)7-18-8-11/h3-8,14H,2H2,1H3/t14-/m1/s1. The molecular weight excluding hydrogens is 279 g/mol. The van der Waals surface area contributed by atoms with E-state index in [-0.39, 0.29) is 11.9 Å². The summed E-state index contributed by atoms with van der Waals surface area (Å²) in [5, 5.41) is 0.592. The van der Waals surface area contributed by atoms with E-state index in [0.29, 0.717) is 16.3 Å². The van der Waals surface area contributed by atoms with Gasteiger partial charge in [-0.15, -0.1) is 0 Å². The first-order chi connectivity index (χ1) is 9.61. The second-order valence-corrected chi connectivity index (χ2v) is 5.13. The molecule has 1 atom stereocenters. The molecule has 1 aromatic carbocycles. The highest BCUT2D eigenvalue weighted by molar-refractivity contribution is 6.31. The molecule has 0 fully saturated rings. The Morgan fingerprint density at radius 3 is 2.85 bits per heavy atom. The Hall–Kier alpha value is -1.94. The summed E-state index contributed by atoms with van der Waals surface area (Å²) in [5.41, 5.74) is 1.97. The van der Waals surface area contributed by atoms with E-state index in [0.717, 1.165) is 18.2 Å². The molecule has 1 aliphatic heterocycles. The van der Waals surface area contributed by atoms with Crippen LogP contribution in [0.4, 0.5) is 10.1 Å². The van der Waals surface area contributed by atoms with Crippen molar-refractivity contribution in [3.05, 3.63) is 58.6 Å². The second kappa shape index (κ2) is 4.87. The van der Waals surface area contributed by atoms with Crippen LogP contribution in [0.5, 0.6) is 0 Å². The Kier molecular flexibility index (Phi) is 3.18. The number of carbonyl (C=O) groups excluding carboxylic acids is 1. The minimum atomic E-state index is -0.459. The van der Waals surface area contributed by atoms with Crippen molar-refractivity contribution >= 4 is 23.2 Å². The van der Waals surface area contributed by atoms with Gasteiger partial charge in [-0.2, -0.15) is 0 Å². The minimum absolute atomic E-state index is 0.139. The Labute approximate surface area is 121 Å². The zero-order valence-electron chi connectivity index (χ0n) is 10.8. The summed E-state index contributed by atoms with van der Waals surface area (Å²) < 4.78 is 13.4. The van der Waals surface area contributed by atoms with Crippen molar-refractivity contribution in [3.8, 4) is 0 Å². The fraction of sp³-hybridized carbons (Fsp3) is 0.200. The van der Waals surface area contributed by atoms with E-state index in [4.69, 9.17) is 11.6 Å². The average molecular weight is 291 g/mol. The van der Waals surface area contributed by atoms with Gasteiger partial charge in [-0.3, -0.25) is 14.7 Å². The van der Waals surface area contributed by atoms with Crippen molar-refractivity contribution in [2.75, 3.05) is 4.90 Å². The number of hydrogen-bond acceptors (Lipinski definition) is 2. The summed E-state index contributed by atoms with van der Waals surface area (Å²) >= 11 is 6.01. The summed E-state index contributed by atoms with van der Waals surface area (Å²) in [6.45, 7) is 1.98. The van der Waals surface area contributed by atoms with Crippen molar-refractivity contribution in [1.29, 1.82) is 0 Å². The maximum atomic E-state index is 13.4. The largest absolute Gasteiger partial charge is 0.299 e. The second-order valence-electron chi connectivity index (χ2n) is 4.69. The number of aromatic nitrogens is 1. The van der Waals surface area contributed by atoms with Gasteiger partial charge in [0.05, 0.1) is 24.1 Å². The van der Waals surface area contributed by atoms with Gasteiger partial charge in [0.15, 0.2) is 0 Å². The third-order valence-corrected chi connectivity index (χ3v) is 3.72. The molecule has 2 aromatic rings. The van der Waals surface area contributed by atoms with Crippen LogP contribution in [0, 0.1) is 5.82 Å². The van der Waals surface area contributed by atoms with E-state index in [1.807, 2.05) is 6.92 Å². The van der Waals surface area contributed by atoms with Gasteiger partial charge in [0.2, 0.25) is 0 Å². The van der Waals surface area contributed by atoms with Gasteiger partial charge in [-0.1, -0.05) is 18.5 Å². The lowest BCUT2D eigenvalue weighted by atomic mass is 10.0. The molecule has 1 amide bonds. The number of rotatable bonds is 2. The zero-order valence-corrected chi connectivity index (χ0v) is 11.6. The molecule has 0 saturated heterocycles. The van der Waals surface area contributed by atoms with Crippen molar-refractivity contribution in [2.45, 2.75) is 19.4 Å². The summed E-state index contributed by atoms with van der Waals surface area (Å²) in [5.74, 6) is -0.602. The van der Waals surface area contributed by atoms with Gasteiger partial charge < -0.3 is 0 Å². The van der Waals surface area contributed by atoms with Crippen LogP contribution >= 0.6 is 11.6 Å². The van der Waals surface area contributed by atoms with E-state index in [2.05, 4.69) is 4.98 Å². The molecule has 0 unspecified atom stereocenters.